The first kappa shape index (κ1) is 16.9. The van der Waals surface area contributed by atoms with Crippen LogP contribution in [0.4, 0.5) is 0 Å². The Bertz CT molecular complexity index is 626. The van der Waals surface area contributed by atoms with Crippen LogP contribution in [-0.4, -0.2) is 29.0 Å². The summed E-state index contributed by atoms with van der Waals surface area (Å²) in [5.41, 5.74) is 7.76. The molecule has 2 aromatic rings. The molecule has 124 valence electrons. The highest BCUT2D eigenvalue weighted by Gasteiger charge is 2.31. The van der Waals surface area contributed by atoms with Crippen LogP contribution in [0.25, 0.3) is 0 Å². The smallest absolute Gasteiger partial charge is 0.0959 e. The summed E-state index contributed by atoms with van der Waals surface area (Å²) in [6, 6.07) is 10.9. The van der Waals surface area contributed by atoms with Gasteiger partial charge in [-0.3, -0.25) is 4.90 Å². The zero-order chi connectivity index (χ0) is 14.9. The number of nitrogens with zero attached hydrogens (tertiary/aromatic N) is 2. The molecule has 1 aromatic carbocycles. The van der Waals surface area contributed by atoms with Gasteiger partial charge in [-0.15, -0.1) is 23.7 Å². The van der Waals surface area contributed by atoms with Crippen molar-refractivity contribution in [1.82, 2.24) is 9.88 Å². The van der Waals surface area contributed by atoms with Gasteiger partial charge in [0.2, 0.25) is 0 Å². The van der Waals surface area contributed by atoms with E-state index in [1.165, 1.54) is 34.7 Å². The molecule has 0 amide bonds. The molecule has 1 aromatic heterocycles. The fourth-order valence-corrected chi connectivity index (χ4v) is 4.68. The summed E-state index contributed by atoms with van der Waals surface area (Å²) in [6.45, 7) is 3.04. The van der Waals surface area contributed by atoms with Crippen molar-refractivity contribution >= 4 is 23.7 Å². The minimum atomic E-state index is 0. The van der Waals surface area contributed by atoms with Crippen molar-refractivity contribution in [3.63, 3.8) is 0 Å². The summed E-state index contributed by atoms with van der Waals surface area (Å²) in [7, 11) is 0. The molecule has 0 radical (unpaired) electrons. The zero-order valence-corrected chi connectivity index (χ0v) is 14.9. The SMILES string of the molecule is Cl.N[C@@H]1CN(Cc2cnc(C3CCC3)s2)C[C@H]1c1ccccc1. The summed E-state index contributed by atoms with van der Waals surface area (Å²) in [5, 5.41) is 1.35. The van der Waals surface area contributed by atoms with Crippen molar-refractivity contribution in [2.24, 2.45) is 5.73 Å². The van der Waals surface area contributed by atoms with Crippen molar-refractivity contribution in [3.8, 4) is 0 Å². The third-order valence-electron chi connectivity index (χ3n) is 5.07. The summed E-state index contributed by atoms with van der Waals surface area (Å²) >= 11 is 1.91. The van der Waals surface area contributed by atoms with Crippen LogP contribution in [0.2, 0.25) is 0 Å². The number of hydrogen-bond acceptors (Lipinski definition) is 4. The Labute approximate surface area is 148 Å². The average molecular weight is 350 g/mol. The van der Waals surface area contributed by atoms with E-state index in [0.29, 0.717) is 5.92 Å². The zero-order valence-electron chi connectivity index (χ0n) is 13.2. The van der Waals surface area contributed by atoms with Crippen LogP contribution in [0.15, 0.2) is 36.5 Å². The summed E-state index contributed by atoms with van der Waals surface area (Å²) in [4.78, 5) is 8.52. The molecule has 2 heterocycles. The van der Waals surface area contributed by atoms with Crippen LogP contribution < -0.4 is 5.73 Å². The molecule has 2 N–H and O–H groups in total. The van der Waals surface area contributed by atoms with Crippen molar-refractivity contribution in [2.75, 3.05) is 13.1 Å². The van der Waals surface area contributed by atoms with E-state index in [4.69, 9.17) is 5.73 Å². The lowest BCUT2D eigenvalue weighted by Gasteiger charge is -2.22. The molecular formula is C18H24ClN3S. The monoisotopic (exact) mass is 349 g/mol. The molecule has 2 fully saturated rings. The number of thiazole rings is 1. The second-order valence-corrected chi connectivity index (χ2v) is 7.81. The normalized spacial score (nSPS) is 25.1. The standard InChI is InChI=1S/C18H23N3S.ClH/c19-17-12-21(11-16(17)13-5-2-1-3-6-13)10-15-9-20-18(22-15)14-7-4-8-14;/h1-3,5-6,9,14,16-17H,4,7-8,10-12,19H2;1H/t16-,17+;/m0./s1. The second kappa shape index (κ2) is 7.31. The maximum atomic E-state index is 6.39. The first-order valence-electron chi connectivity index (χ1n) is 8.27. The Balaban J connectivity index is 0.00000156. The molecule has 1 saturated heterocycles. The highest BCUT2D eigenvalue weighted by molar-refractivity contribution is 7.11. The highest BCUT2D eigenvalue weighted by atomic mass is 35.5. The van der Waals surface area contributed by atoms with E-state index < -0.39 is 0 Å². The van der Waals surface area contributed by atoms with Crippen LogP contribution in [0, 0.1) is 0 Å². The van der Waals surface area contributed by atoms with E-state index in [1.807, 2.05) is 11.3 Å². The number of aromatic nitrogens is 1. The molecule has 1 aliphatic carbocycles. The number of halogens is 1. The number of nitrogens with two attached hydrogens (primary N) is 1. The van der Waals surface area contributed by atoms with Crippen LogP contribution in [0.5, 0.6) is 0 Å². The summed E-state index contributed by atoms with van der Waals surface area (Å²) in [5.74, 6) is 1.21. The fraction of sp³-hybridized carbons (Fsp3) is 0.500. The first-order valence-corrected chi connectivity index (χ1v) is 9.09. The maximum absolute atomic E-state index is 6.39. The first-order chi connectivity index (χ1) is 10.8. The molecule has 0 unspecified atom stereocenters. The molecule has 4 rings (SSSR count). The third-order valence-corrected chi connectivity index (χ3v) is 6.22. The number of benzene rings is 1. The van der Waals surface area contributed by atoms with Gasteiger partial charge in [-0.1, -0.05) is 36.8 Å². The van der Waals surface area contributed by atoms with Crippen molar-refractivity contribution < 1.29 is 0 Å². The molecule has 2 aliphatic rings. The van der Waals surface area contributed by atoms with Gasteiger partial charge < -0.3 is 5.73 Å². The molecule has 2 atom stereocenters. The molecule has 23 heavy (non-hydrogen) atoms. The van der Waals surface area contributed by atoms with E-state index >= 15 is 0 Å². The van der Waals surface area contributed by atoms with Crippen LogP contribution in [-0.2, 0) is 6.54 Å². The number of hydrogen-bond donors (Lipinski definition) is 1. The third kappa shape index (κ3) is 3.61. The average Bonchev–Trinajstić information content (AvgIpc) is 3.06. The van der Waals surface area contributed by atoms with Gasteiger partial charge in [0, 0.05) is 48.6 Å². The van der Waals surface area contributed by atoms with Gasteiger partial charge in [0.15, 0.2) is 0 Å². The van der Waals surface area contributed by atoms with Crippen LogP contribution >= 0.6 is 23.7 Å². The van der Waals surface area contributed by atoms with E-state index in [-0.39, 0.29) is 18.4 Å². The molecule has 3 nitrogen and oxygen atoms in total. The second-order valence-electron chi connectivity index (χ2n) is 6.67. The topological polar surface area (TPSA) is 42.1 Å². The Morgan fingerprint density at radius 2 is 1.96 bits per heavy atom. The van der Waals surface area contributed by atoms with Gasteiger partial charge in [-0.2, -0.15) is 0 Å². The van der Waals surface area contributed by atoms with Gasteiger partial charge in [0.05, 0.1) is 5.01 Å². The van der Waals surface area contributed by atoms with Gasteiger partial charge in [0.25, 0.3) is 0 Å². The Kier molecular flexibility index (Phi) is 5.37. The lowest BCUT2D eigenvalue weighted by molar-refractivity contribution is 0.326. The number of rotatable bonds is 4. The molecule has 1 saturated carbocycles. The Hall–Kier alpha value is -0.940. The van der Waals surface area contributed by atoms with E-state index in [1.54, 1.807) is 0 Å². The van der Waals surface area contributed by atoms with Crippen LogP contribution in [0.3, 0.4) is 0 Å². The summed E-state index contributed by atoms with van der Waals surface area (Å²) < 4.78 is 0. The Morgan fingerprint density at radius 3 is 2.65 bits per heavy atom. The minimum absolute atomic E-state index is 0. The number of likely N-dealkylation sites (tertiary alicyclic amines) is 1. The quantitative estimate of drug-likeness (QED) is 0.913. The molecule has 0 bridgehead atoms. The maximum Gasteiger partial charge on any atom is 0.0959 e. The van der Waals surface area contributed by atoms with Crippen molar-refractivity contribution in [1.29, 1.82) is 0 Å². The predicted octanol–water partition coefficient (Wildman–Crippen LogP) is 3.76. The predicted molar refractivity (Wildman–Crippen MR) is 98.4 cm³/mol. The largest absolute Gasteiger partial charge is 0.326 e. The van der Waals surface area contributed by atoms with Gasteiger partial charge in [-0.05, 0) is 18.4 Å². The van der Waals surface area contributed by atoms with E-state index in [0.717, 1.165) is 25.6 Å². The van der Waals surface area contributed by atoms with Gasteiger partial charge in [0.1, 0.15) is 0 Å². The van der Waals surface area contributed by atoms with E-state index in [2.05, 4.69) is 46.4 Å². The molecule has 0 spiro atoms. The summed E-state index contributed by atoms with van der Waals surface area (Å²) in [6.07, 6.45) is 6.12. The van der Waals surface area contributed by atoms with Crippen molar-refractivity contribution in [3.05, 3.63) is 52.0 Å². The van der Waals surface area contributed by atoms with Gasteiger partial charge in [-0.25, -0.2) is 4.98 Å². The fourth-order valence-electron chi connectivity index (χ4n) is 3.56. The van der Waals surface area contributed by atoms with E-state index in [9.17, 15) is 0 Å². The lowest BCUT2D eigenvalue weighted by atomic mass is 9.86. The molecular weight excluding hydrogens is 326 g/mol. The van der Waals surface area contributed by atoms with Crippen molar-refractivity contribution in [2.45, 2.75) is 43.7 Å². The highest BCUT2D eigenvalue weighted by Crippen LogP contribution is 2.38. The van der Waals surface area contributed by atoms with Crippen LogP contribution in [0.1, 0.15) is 46.5 Å². The lowest BCUT2D eigenvalue weighted by Crippen LogP contribution is -2.28. The molecule has 5 heteroatoms. The minimum Gasteiger partial charge on any atom is -0.326 e. The van der Waals surface area contributed by atoms with Gasteiger partial charge >= 0.3 is 0 Å². The Morgan fingerprint density at radius 1 is 1.17 bits per heavy atom. The molecule has 1 aliphatic heterocycles.